The second-order valence-electron chi connectivity index (χ2n) is 6.09. The maximum atomic E-state index is 13.1. The van der Waals surface area contributed by atoms with Crippen molar-refractivity contribution < 1.29 is 31.2 Å². The number of amides is 2. The van der Waals surface area contributed by atoms with Gasteiger partial charge in [0.1, 0.15) is 6.04 Å². The summed E-state index contributed by atoms with van der Waals surface area (Å²) in [5.74, 6) is -1.83. The minimum absolute atomic E-state index is 0.367. The number of sulfonamides is 1. The van der Waals surface area contributed by atoms with Gasteiger partial charge in [-0.05, 0) is 24.6 Å². The van der Waals surface area contributed by atoms with Crippen LogP contribution in [-0.2, 0) is 25.8 Å². The minimum Gasteiger partial charge on any atom is -0.368 e. The molecule has 7 nitrogen and oxygen atoms in total. The van der Waals surface area contributed by atoms with E-state index in [0.29, 0.717) is 11.6 Å². The van der Waals surface area contributed by atoms with Crippen molar-refractivity contribution in [3.05, 3.63) is 65.7 Å². The number of rotatable bonds is 7. The van der Waals surface area contributed by atoms with Crippen LogP contribution in [0.1, 0.15) is 24.1 Å². The molecule has 0 aromatic heterocycles. The molecule has 0 fully saturated rings. The van der Waals surface area contributed by atoms with Crippen LogP contribution in [0.15, 0.2) is 59.5 Å². The zero-order chi connectivity index (χ0) is 21.8. The van der Waals surface area contributed by atoms with Gasteiger partial charge in [-0.1, -0.05) is 42.5 Å². The third kappa shape index (κ3) is 5.55. The highest BCUT2D eigenvalue weighted by Crippen LogP contribution is 2.33. The highest BCUT2D eigenvalue weighted by atomic mass is 32.2. The molecule has 0 aliphatic heterocycles. The topological polar surface area (TPSA) is 118 Å². The van der Waals surface area contributed by atoms with E-state index >= 15 is 0 Å². The van der Waals surface area contributed by atoms with Gasteiger partial charge < -0.3 is 11.1 Å². The van der Waals surface area contributed by atoms with Gasteiger partial charge in [0.15, 0.2) is 0 Å². The monoisotopic (exact) mass is 429 g/mol. The number of hydrogen-bond acceptors (Lipinski definition) is 4. The van der Waals surface area contributed by atoms with Crippen molar-refractivity contribution in [2.75, 3.05) is 0 Å². The quantitative estimate of drug-likeness (QED) is 0.621. The van der Waals surface area contributed by atoms with Crippen molar-refractivity contribution in [3.63, 3.8) is 0 Å². The van der Waals surface area contributed by atoms with E-state index in [4.69, 9.17) is 5.73 Å². The van der Waals surface area contributed by atoms with Crippen molar-refractivity contribution >= 4 is 21.8 Å². The highest BCUT2D eigenvalue weighted by Gasteiger charge is 2.37. The summed E-state index contributed by atoms with van der Waals surface area (Å²) in [6.07, 6.45) is -4.90. The molecule has 0 heterocycles. The van der Waals surface area contributed by atoms with Gasteiger partial charge in [0.05, 0.1) is 16.5 Å². The lowest BCUT2D eigenvalue weighted by molar-refractivity contribution is -0.139. The van der Waals surface area contributed by atoms with Crippen LogP contribution in [-0.4, -0.2) is 26.3 Å². The van der Waals surface area contributed by atoms with Crippen molar-refractivity contribution in [3.8, 4) is 0 Å². The molecule has 0 spiro atoms. The van der Waals surface area contributed by atoms with E-state index in [1.807, 2.05) is 4.72 Å². The molecule has 0 aliphatic rings. The fraction of sp³-hybridized carbons (Fsp3) is 0.222. The van der Waals surface area contributed by atoms with Gasteiger partial charge in [-0.15, -0.1) is 0 Å². The maximum Gasteiger partial charge on any atom is 0.417 e. The van der Waals surface area contributed by atoms with E-state index < -0.39 is 50.6 Å². The average Bonchev–Trinajstić information content (AvgIpc) is 2.65. The second kappa shape index (κ2) is 8.62. The first-order valence-electron chi connectivity index (χ1n) is 8.26. The van der Waals surface area contributed by atoms with Crippen LogP contribution < -0.4 is 15.8 Å². The fourth-order valence-electron chi connectivity index (χ4n) is 2.52. The predicted octanol–water partition coefficient (Wildman–Crippen LogP) is 1.71. The Labute approximate surface area is 165 Å². The second-order valence-corrected chi connectivity index (χ2v) is 7.77. The maximum absolute atomic E-state index is 13.1. The zero-order valence-corrected chi connectivity index (χ0v) is 15.9. The van der Waals surface area contributed by atoms with Gasteiger partial charge in [-0.3, -0.25) is 9.59 Å². The minimum atomic E-state index is -4.90. The molecular weight excluding hydrogens is 411 g/mol. The van der Waals surface area contributed by atoms with E-state index in [9.17, 15) is 31.2 Å². The van der Waals surface area contributed by atoms with Crippen LogP contribution >= 0.6 is 0 Å². The summed E-state index contributed by atoms with van der Waals surface area (Å²) in [6, 6.07) is 8.83. The van der Waals surface area contributed by atoms with Crippen LogP contribution in [0.5, 0.6) is 0 Å². The molecule has 156 valence electrons. The molecule has 2 atom stereocenters. The molecule has 0 bridgehead atoms. The highest BCUT2D eigenvalue weighted by molar-refractivity contribution is 7.89. The third-order valence-corrected chi connectivity index (χ3v) is 5.51. The first kappa shape index (κ1) is 22.4. The summed E-state index contributed by atoms with van der Waals surface area (Å²) < 4.78 is 66.0. The Hall–Kier alpha value is -2.92. The smallest absolute Gasteiger partial charge is 0.368 e. The summed E-state index contributed by atoms with van der Waals surface area (Å²) in [5, 5.41) is 2.29. The van der Waals surface area contributed by atoms with Crippen molar-refractivity contribution in [1.29, 1.82) is 0 Å². The van der Waals surface area contributed by atoms with Crippen LogP contribution in [0.3, 0.4) is 0 Å². The lowest BCUT2D eigenvalue weighted by Crippen LogP contribution is -2.48. The van der Waals surface area contributed by atoms with Crippen molar-refractivity contribution in [2.45, 2.75) is 30.1 Å². The lowest BCUT2D eigenvalue weighted by Gasteiger charge is -2.20. The molecule has 2 aromatic rings. The molecule has 1 unspecified atom stereocenters. The van der Waals surface area contributed by atoms with Gasteiger partial charge in [0.25, 0.3) is 0 Å². The van der Waals surface area contributed by atoms with Gasteiger partial charge in [0, 0.05) is 0 Å². The normalized spacial score (nSPS) is 14.1. The molecule has 2 amide bonds. The lowest BCUT2D eigenvalue weighted by atomic mass is 10.1. The first-order chi connectivity index (χ1) is 13.4. The number of halogens is 3. The Morgan fingerprint density at radius 2 is 1.55 bits per heavy atom. The number of alkyl halides is 3. The van der Waals surface area contributed by atoms with Crippen molar-refractivity contribution in [2.24, 2.45) is 5.73 Å². The molecule has 4 N–H and O–H groups in total. The summed E-state index contributed by atoms with van der Waals surface area (Å²) in [5.41, 5.74) is 4.29. The van der Waals surface area contributed by atoms with E-state index in [0.717, 1.165) is 25.1 Å². The SMILES string of the molecule is C[C@H](NS(=O)(=O)c1ccccc1C(F)(F)F)C(=O)NC(C(N)=O)c1ccccc1. The number of hydrogen-bond donors (Lipinski definition) is 3. The summed E-state index contributed by atoms with van der Waals surface area (Å²) >= 11 is 0. The summed E-state index contributed by atoms with van der Waals surface area (Å²) in [4.78, 5) is 23.0. The Balaban J connectivity index is 2.22. The molecule has 11 heteroatoms. The van der Waals surface area contributed by atoms with Crippen molar-refractivity contribution in [1.82, 2.24) is 10.0 Å². The molecule has 2 aromatic carbocycles. The van der Waals surface area contributed by atoms with E-state index in [1.165, 1.54) is 12.1 Å². The fourth-order valence-corrected chi connectivity index (χ4v) is 3.95. The number of carbonyl (C=O) groups is 2. The van der Waals surface area contributed by atoms with Gasteiger partial charge in [0.2, 0.25) is 21.8 Å². The number of benzene rings is 2. The van der Waals surface area contributed by atoms with Crippen LogP contribution in [0, 0.1) is 0 Å². The van der Waals surface area contributed by atoms with E-state index in [2.05, 4.69) is 5.32 Å². The number of nitrogens with one attached hydrogen (secondary N) is 2. The van der Waals surface area contributed by atoms with Gasteiger partial charge >= 0.3 is 6.18 Å². The Kier molecular flexibility index (Phi) is 6.65. The van der Waals surface area contributed by atoms with Crippen LogP contribution in [0.25, 0.3) is 0 Å². The molecule has 0 saturated carbocycles. The third-order valence-electron chi connectivity index (χ3n) is 3.91. The molecule has 0 radical (unpaired) electrons. The Bertz CT molecular complexity index is 995. The summed E-state index contributed by atoms with van der Waals surface area (Å²) in [7, 11) is -4.69. The number of primary amides is 1. The van der Waals surface area contributed by atoms with E-state index in [1.54, 1.807) is 18.2 Å². The number of carbonyl (C=O) groups excluding carboxylic acids is 2. The average molecular weight is 429 g/mol. The molecule has 29 heavy (non-hydrogen) atoms. The molecule has 0 saturated heterocycles. The molecule has 2 rings (SSSR count). The molecule has 0 aliphatic carbocycles. The van der Waals surface area contributed by atoms with E-state index in [-0.39, 0.29) is 0 Å². The number of nitrogens with two attached hydrogens (primary N) is 1. The van der Waals surface area contributed by atoms with Crippen LogP contribution in [0.2, 0.25) is 0 Å². The predicted molar refractivity (Wildman–Crippen MR) is 97.7 cm³/mol. The van der Waals surface area contributed by atoms with Gasteiger partial charge in [-0.2, -0.15) is 17.9 Å². The van der Waals surface area contributed by atoms with Crippen LogP contribution in [0.4, 0.5) is 13.2 Å². The largest absolute Gasteiger partial charge is 0.417 e. The van der Waals surface area contributed by atoms with Gasteiger partial charge in [-0.25, -0.2) is 8.42 Å². The first-order valence-corrected chi connectivity index (χ1v) is 9.75. The Morgan fingerprint density at radius 1 is 1.00 bits per heavy atom. The summed E-state index contributed by atoms with van der Waals surface area (Å²) in [6.45, 7) is 1.13. The Morgan fingerprint density at radius 3 is 2.10 bits per heavy atom. The molecular formula is C18H18F3N3O4S. The standard InChI is InChI=1S/C18H18F3N3O4S/c1-11(17(26)23-15(16(22)25)12-7-3-2-4-8-12)24-29(27,28)14-10-6-5-9-13(14)18(19,20)21/h2-11,15,24H,1H3,(H2,22,25)(H,23,26)/t11-,15?/m0/s1. The zero-order valence-electron chi connectivity index (χ0n) is 15.1.